The molecular weight excluding hydrogens is 525 g/mol. The molecule has 6 nitrogen and oxygen atoms in total. The summed E-state index contributed by atoms with van der Waals surface area (Å²) in [6.45, 7) is 8.27. The number of guanidine groups is 1. The molecule has 0 aliphatic rings. The molecule has 1 aromatic heterocycles. The Labute approximate surface area is 214 Å². The van der Waals surface area contributed by atoms with Crippen LogP contribution < -0.4 is 10.6 Å². The third-order valence-electron chi connectivity index (χ3n) is 5.61. The minimum absolute atomic E-state index is 0. The van der Waals surface area contributed by atoms with Gasteiger partial charge in [-0.1, -0.05) is 54.6 Å². The molecule has 1 unspecified atom stereocenters. The fourth-order valence-corrected chi connectivity index (χ4v) is 3.77. The highest BCUT2D eigenvalue weighted by atomic mass is 127. The minimum atomic E-state index is 0. The van der Waals surface area contributed by atoms with E-state index in [1.165, 1.54) is 27.9 Å². The molecule has 3 aromatic rings. The molecule has 3 rings (SSSR count). The molecule has 0 radical (unpaired) electrons. The maximum atomic E-state index is 5.87. The zero-order valence-corrected chi connectivity index (χ0v) is 22.6. The standard InChI is InChI=1S/C26H35N5O.HI/c1-19(14-25-20(2)30-31(5)21(25)3)29-26(27-4)28-16-23-12-9-13-24(15-23)18-32-17-22-10-7-6-8-11-22;/h6-13,15,19H,14,16-18H2,1-5H3,(H2,27,28,29);1H. The fourth-order valence-electron chi connectivity index (χ4n) is 3.77. The van der Waals surface area contributed by atoms with Gasteiger partial charge in [-0.3, -0.25) is 9.67 Å². The molecule has 0 saturated carbocycles. The average Bonchev–Trinajstić information content (AvgIpc) is 3.03. The number of nitrogens with one attached hydrogen (secondary N) is 2. The summed E-state index contributed by atoms with van der Waals surface area (Å²) in [5.74, 6) is 0.794. The molecule has 0 aliphatic carbocycles. The van der Waals surface area contributed by atoms with Gasteiger partial charge >= 0.3 is 0 Å². The summed E-state index contributed by atoms with van der Waals surface area (Å²) in [6.07, 6.45) is 0.903. The number of benzene rings is 2. The third kappa shape index (κ3) is 8.16. The van der Waals surface area contributed by atoms with Crippen molar-refractivity contribution in [3.8, 4) is 0 Å². The molecule has 7 heteroatoms. The highest BCUT2D eigenvalue weighted by molar-refractivity contribution is 14.0. The number of aliphatic imine (C=N–C) groups is 1. The molecule has 2 aromatic carbocycles. The number of aromatic nitrogens is 2. The lowest BCUT2D eigenvalue weighted by Crippen LogP contribution is -2.42. The van der Waals surface area contributed by atoms with Crippen LogP contribution in [0.15, 0.2) is 59.6 Å². The molecule has 2 N–H and O–H groups in total. The highest BCUT2D eigenvalue weighted by Gasteiger charge is 2.14. The first kappa shape index (κ1) is 26.9. The van der Waals surface area contributed by atoms with E-state index in [4.69, 9.17) is 4.74 Å². The summed E-state index contributed by atoms with van der Waals surface area (Å²) in [4.78, 5) is 4.39. The van der Waals surface area contributed by atoms with Gasteiger partial charge in [0.15, 0.2) is 5.96 Å². The molecule has 33 heavy (non-hydrogen) atoms. The molecular formula is C26H36IN5O. The van der Waals surface area contributed by atoms with Gasteiger partial charge in [-0.05, 0) is 49.4 Å². The van der Waals surface area contributed by atoms with E-state index in [1.807, 2.05) is 29.9 Å². The van der Waals surface area contributed by atoms with E-state index in [0.717, 1.165) is 18.1 Å². The van der Waals surface area contributed by atoms with Crippen LogP contribution in [0.4, 0.5) is 0 Å². The van der Waals surface area contributed by atoms with Gasteiger partial charge in [-0.15, -0.1) is 24.0 Å². The Morgan fingerprint density at radius 2 is 1.70 bits per heavy atom. The van der Waals surface area contributed by atoms with E-state index >= 15 is 0 Å². The van der Waals surface area contributed by atoms with Crippen LogP contribution in [0.1, 0.15) is 40.6 Å². The normalized spacial score (nSPS) is 12.2. The minimum Gasteiger partial charge on any atom is -0.372 e. The molecule has 0 aliphatic heterocycles. The van der Waals surface area contributed by atoms with Crippen LogP contribution in [-0.4, -0.2) is 28.8 Å². The van der Waals surface area contributed by atoms with E-state index in [0.29, 0.717) is 19.8 Å². The van der Waals surface area contributed by atoms with Crippen molar-refractivity contribution < 1.29 is 4.74 Å². The summed E-state index contributed by atoms with van der Waals surface area (Å²) in [5, 5.41) is 11.4. The van der Waals surface area contributed by atoms with E-state index in [9.17, 15) is 0 Å². The number of rotatable bonds is 9. The van der Waals surface area contributed by atoms with Gasteiger partial charge in [-0.25, -0.2) is 0 Å². The summed E-state index contributed by atoms with van der Waals surface area (Å²) in [5.41, 5.74) is 7.15. The van der Waals surface area contributed by atoms with Gasteiger partial charge in [0, 0.05) is 32.4 Å². The Morgan fingerprint density at radius 3 is 2.36 bits per heavy atom. The number of hydrogen-bond acceptors (Lipinski definition) is 3. The maximum absolute atomic E-state index is 5.87. The number of nitrogens with zero attached hydrogens (tertiary/aromatic N) is 3. The molecule has 178 valence electrons. The Morgan fingerprint density at radius 1 is 1.03 bits per heavy atom. The van der Waals surface area contributed by atoms with E-state index in [1.54, 1.807) is 7.05 Å². The van der Waals surface area contributed by atoms with Crippen LogP contribution in [-0.2, 0) is 38.0 Å². The summed E-state index contributed by atoms with van der Waals surface area (Å²) < 4.78 is 7.82. The van der Waals surface area contributed by atoms with Crippen molar-refractivity contribution in [1.29, 1.82) is 0 Å². The zero-order chi connectivity index (χ0) is 22.9. The Balaban J connectivity index is 0.00000385. The highest BCUT2D eigenvalue weighted by Crippen LogP contribution is 2.14. The van der Waals surface area contributed by atoms with Crippen molar-refractivity contribution in [2.45, 2.75) is 53.0 Å². The van der Waals surface area contributed by atoms with Gasteiger partial charge < -0.3 is 15.4 Å². The van der Waals surface area contributed by atoms with E-state index < -0.39 is 0 Å². The molecule has 1 atom stereocenters. The van der Waals surface area contributed by atoms with Crippen LogP contribution in [0.5, 0.6) is 0 Å². The predicted molar refractivity (Wildman–Crippen MR) is 146 cm³/mol. The molecule has 1 heterocycles. The first-order valence-corrected chi connectivity index (χ1v) is 11.1. The predicted octanol–water partition coefficient (Wildman–Crippen LogP) is 4.67. The quantitative estimate of drug-likeness (QED) is 0.227. The largest absolute Gasteiger partial charge is 0.372 e. The number of hydrogen-bond donors (Lipinski definition) is 2. The molecule has 0 fully saturated rings. The van der Waals surface area contributed by atoms with Crippen molar-refractivity contribution in [2.75, 3.05) is 7.05 Å². The second kappa shape index (κ2) is 13.3. The third-order valence-corrected chi connectivity index (χ3v) is 5.61. The van der Waals surface area contributed by atoms with Crippen LogP contribution in [0, 0.1) is 13.8 Å². The van der Waals surface area contributed by atoms with E-state index in [2.05, 4.69) is 77.9 Å². The van der Waals surface area contributed by atoms with Gasteiger partial charge in [0.25, 0.3) is 0 Å². The van der Waals surface area contributed by atoms with Gasteiger partial charge in [-0.2, -0.15) is 5.10 Å². The first-order chi connectivity index (χ1) is 15.5. The van der Waals surface area contributed by atoms with Gasteiger partial charge in [0.05, 0.1) is 18.9 Å². The van der Waals surface area contributed by atoms with Gasteiger partial charge in [0.1, 0.15) is 0 Å². The number of ether oxygens (including phenoxy) is 1. The Bertz CT molecular complexity index is 1030. The number of aryl methyl sites for hydroxylation is 2. The van der Waals surface area contributed by atoms with Crippen LogP contribution in [0.2, 0.25) is 0 Å². The van der Waals surface area contributed by atoms with Crippen LogP contribution in [0.3, 0.4) is 0 Å². The zero-order valence-electron chi connectivity index (χ0n) is 20.3. The topological polar surface area (TPSA) is 63.5 Å². The average molecular weight is 562 g/mol. The SMILES string of the molecule is CN=C(NCc1cccc(COCc2ccccc2)c1)NC(C)Cc1c(C)nn(C)c1C.I. The van der Waals surface area contributed by atoms with Crippen LogP contribution >= 0.6 is 24.0 Å². The molecule has 0 amide bonds. The lowest BCUT2D eigenvalue weighted by Gasteiger charge is -2.18. The fraction of sp³-hybridized carbons (Fsp3) is 0.385. The summed E-state index contributed by atoms with van der Waals surface area (Å²) in [7, 11) is 3.79. The Hall–Kier alpha value is -2.39. The van der Waals surface area contributed by atoms with Gasteiger partial charge in [0.2, 0.25) is 0 Å². The molecule has 0 saturated heterocycles. The second-order valence-electron chi connectivity index (χ2n) is 8.25. The van der Waals surface area contributed by atoms with Crippen LogP contribution in [0.25, 0.3) is 0 Å². The second-order valence-corrected chi connectivity index (χ2v) is 8.25. The summed E-state index contributed by atoms with van der Waals surface area (Å²) in [6, 6.07) is 19.0. The number of halogens is 1. The molecule has 0 spiro atoms. The monoisotopic (exact) mass is 561 g/mol. The first-order valence-electron chi connectivity index (χ1n) is 11.1. The summed E-state index contributed by atoms with van der Waals surface area (Å²) >= 11 is 0. The Kier molecular flexibility index (Phi) is 10.9. The maximum Gasteiger partial charge on any atom is 0.191 e. The lowest BCUT2D eigenvalue weighted by atomic mass is 10.1. The smallest absolute Gasteiger partial charge is 0.191 e. The van der Waals surface area contributed by atoms with Crippen molar-refractivity contribution in [3.63, 3.8) is 0 Å². The van der Waals surface area contributed by atoms with Crippen molar-refractivity contribution in [1.82, 2.24) is 20.4 Å². The van der Waals surface area contributed by atoms with Crippen molar-refractivity contribution in [2.24, 2.45) is 12.0 Å². The van der Waals surface area contributed by atoms with Crippen molar-refractivity contribution in [3.05, 3.63) is 88.2 Å². The van der Waals surface area contributed by atoms with Crippen molar-refractivity contribution >= 4 is 29.9 Å². The lowest BCUT2D eigenvalue weighted by molar-refractivity contribution is 0.107. The van der Waals surface area contributed by atoms with E-state index in [-0.39, 0.29) is 30.0 Å². The molecule has 0 bridgehead atoms.